The Kier molecular flexibility index (Phi) is 3.66. The Balaban J connectivity index is 2.17. The number of aryl methyl sites for hydroxylation is 4. The average molecular weight is 311 g/mol. The number of rotatable bonds is 2. The van der Waals surface area contributed by atoms with Crippen LogP contribution in [-0.2, 0) is 0 Å². The molecular weight excluding hydrogens is 294 g/mol. The van der Waals surface area contributed by atoms with Gasteiger partial charge in [0, 0.05) is 4.88 Å². The lowest BCUT2D eigenvalue weighted by Gasteiger charge is -2.04. The maximum absolute atomic E-state index is 12.7. The van der Waals surface area contributed by atoms with Crippen molar-refractivity contribution in [2.45, 2.75) is 27.7 Å². The largest absolute Gasteiger partial charge is 0.283 e. The molecule has 22 heavy (non-hydrogen) atoms. The second-order valence-corrected chi connectivity index (χ2v) is 6.54. The number of hydrogen-bond donors (Lipinski definition) is 0. The van der Waals surface area contributed by atoms with Crippen molar-refractivity contribution in [3.8, 4) is 0 Å². The summed E-state index contributed by atoms with van der Waals surface area (Å²) < 4.78 is 1.38. The number of fused-ring (bicyclic) bond motifs is 1. The molecule has 2 heterocycles. The van der Waals surface area contributed by atoms with Crippen LogP contribution in [0.15, 0.2) is 34.2 Å². The van der Waals surface area contributed by atoms with Gasteiger partial charge in [-0.3, -0.25) is 4.79 Å². The van der Waals surface area contributed by atoms with Crippen LogP contribution >= 0.6 is 11.3 Å². The van der Waals surface area contributed by atoms with Crippen LogP contribution in [0.4, 0.5) is 0 Å². The first kappa shape index (κ1) is 14.7. The maximum Gasteiger partial charge on any atom is 0.283 e. The van der Waals surface area contributed by atoms with Crippen molar-refractivity contribution < 1.29 is 0 Å². The SMILES string of the molecule is Cc1ccccc1/C=N\n1c(C)nc2sc(C)c(C)c2c1=O. The molecule has 112 valence electrons. The Hall–Kier alpha value is -2.27. The van der Waals surface area contributed by atoms with Crippen molar-refractivity contribution >= 4 is 27.8 Å². The van der Waals surface area contributed by atoms with E-state index in [0.717, 1.165) is 26.4 Å². The molecule has 3 aromatic rings. The molecule has 0 saturated heterocycles. The minimum absolute atomic E-state index is 0.103. The van der Waals surface area contributed by atoms with Crippen LogP contribution in [0.1, 0.15) is 27.4 Å². The van der Waals surface area contributed by atoms with Gasteiger partial charge in [-0.25, -0.2) is 4.98 Å². The highest BCUT2D eigenvalue weighted by atomic mass is 32.1. The molecule has 5 heteroatoms. The van der Waals surface area contributed by atoms with Gasteiger partial charge in [-0.2, -0.15) is 9.78 Å². The summed E-state index contributed by atoms with van der Waals surface area (Å²) in [5, 5.41) is 5.03. The first-order chi connectivity index (χ1) is 10.5. The van der Waals surface area contributed by atoms with Crippen LogP contribution in [0.3, 0.4) is 0 Å². The third kappa shape index (κ3) is 2.37. The molecule has 0 saturated carbocycles. The summed E-state index contributed by atoms with van der Waals surface area (Å²) in [5.74, 6) is 0.601. The number of thiophene rings is 1. The van der Waals surface area contributed by atoms with E-state index in [1.54, 1.807) is 24.5 Å². The summed E-state index contributed by atoms with van der Waals surface area (Å²) in [7, 11) is 0. The second kappa shape index (κ2) is 5.50. The highest BCUT2D eigenvalue weighted by Crippen LogP contribution is 2.26. The molecule has 0 atom stereocenters. The Labute approximate surface area is 132 Å². The van der Waals surface area contributed by atoms with Gasteiger partial charge in [0.15, 0.2) is 0 Å². The highest BCUT2D eigenvalue weighted by molar-refractivity contribution is 7.18. The molecule has 2 aromatic heterocycles. The maximum atomic E-state index is 12.7. The third-order valence-corrected chi connectivity index (χ3v) is 4.94. The van der Waals surface area contributed by atoms with Crippen molar-refractivity contribution in [2.75, 3.05) is 0 Å². The van der Waals surface area contributed by atoms with E-state index in [-0.39, 0.29) is 5.56 Å². The number of hydrogen-bond acceptors (Lipinski definition) is 4. The van der Waals surface area contributed by atoms with Crippen LogP contribution in [0.5, 0.6) is 0 Å². The van der Waals surface area contributed by atoms with E-state index >= 15 is 0 Å². The molecule has 0 aliphatic carbocycles. The second-order valence-electron chi connectivity index (χ2n) is 5.34. The average Bonchev–Trinajstić information content (AvgIpc) is 2.75. The predicted octanol–water partition coefficient (Wildman–Crippen LogP) is 3.57. The Morgan fingerprint density at radius 3 is 2.64 bits per heavy atom. The summed E-state index contributed by atoms with van der Waals surface area (Å²) in [6, 6.07) is 7.93. The zero-order valence-electron chi connectivity index (χ0n) is 13.0. The molecule has 0 aliphatic rings. The van der Waals surface area contributed by atoms with Gasteiger partial charge in [0.1, 0.15) is 10.7 Å². The first-order valence-corrected chi connectivity index (χ1v) is 7.90. The molecule has 0 fully saturated rings. The standard InChI is InChI=1S/C17H17N3OS/c1-10-7-5-6-8-14(10)9-18-20-13(4)19-16-15(17(20)21)11(2)12(3)22-16/h5-9H,1-4H3/b18-9-. The number of nitrogens with zero attached hydrogens (tertiary/aromatic N) is 3. The summed E-state index contributed by atoms with van der Waals surface area (Å²) in [5.41, 5.74) is 3.01. The van der Waals surface area contributed by atoms with Crippen molar-refractivity contribution in [1.82, 2.24) is 9.66 Å². The fourth-order valence-electron chi connectivity index (χ4n) is 2.37. The lowest BCUT2D eigenvalue weighted by Crippen LogP contribution is -2.20. The fraction of sp³-hybridized carbons (Fsp3) is 0.235. The van der Waals surface area contributed by atoms with Gasteiger partial charge in [0.25, 0.3) is 5.56 Å². The van der Waals surface area contributed by atoms with Gasteiger partial charge >= 0.3 is 0 Å². The van der Waals surface area contributed by atoms with Crippen molar-refractivity contribution in [2.24, 2.45) is 5.10 Å². The molecule has 0 N–H and O–H groups in total. The van der Waals surface area contributed by atoms with Crippen molar-refractivity contribution in [3.05, 3.63) is 62.0 Å². The van der Waals surface area contributed by atoms with E-state index in [1.807, 2.05) is 45.0 Å². The third-order valence-electron chi connectivity index (χ3n) is 3.84. The lowest BCUT2D eigenvalue weighted by atomic mass is 10.1. The van der Waals surface area contributed by atoms with Crippen LogP contribution in [0.25, 0.3) is 10.2 Å². The van der Waals surface area contributed by atoms with Crippen LogP contribution in [0.2, 0.25) is 0 Å². The van der Waals surface area contributed by atoms with E-state index in [9.17, 15) is 4.79 Å². The van der Waals surface area contributed by atoms with E-state index < -0.39 is 0 Å². The fourth-order valence-corrected chi connectivity index (χ4v) is 3.44. The summed E-state index contributed by atoms with van der Waals surface area (Å²) >= 11 is 1.56. The minimum Gasteiger partial charge on any atom is -0.267 e. The molecule has 1 aromatic carbocycles. The van der Waals surface area contributed by atoms with Crippen molar-refractivity contribution in [3.63, 3.8) is 0 Å². The molecular formula is C17H17N3OS. The minimum atomic E-state index is -0.103. The van der Waals surface area contributed by atoms with E-state index in [4.69, 9.17) is 0 Å². The zero-order valence-corrected chi connectivity index (χ0v) is 13.9. The topological polar surface area (TPSA) is 47.2 Å². The van der Waals surface area contributed by atoms with Crippen LogP contribution in [-0.4, -0.2) is 15.9 Å². The Morgan fingerprint density at radius 1 is 1.18 bits per heavy atom. The monoisotopic (exact) mass is 311 g/mol. The molecule has 0 amide bonds. The van der Waals surface area contributed by atoms with E-state index in [0.29, 0.717) is 11.2 Å². The smallest absolute Gasteiger partial charge is 0.267 e. The number of aromatic nitrogens is 2. The summed E-state index contributed by atoms with van der Waals surface area (Å²) in [4.78, 5) is 19.1. The van der Waals surface area contributed by atoms with Gasteiger partial charge < -0.3 is 0 Å². The molecule has 0 radical (unpaired) electrons. The lowest BCUT2D eigenvalue weighted by molar-refractivity contribution is 0.772. The van der Waals surface area contributed by atoms with Crippen LogP contribution in [0, 0.1) is 27.7 Å². The van der Waals surface area contributed by atoms with E-state index in [1.165, 1.54) is 4.68 Å². The molecule has 0 bridgehead atoms. The van der Waals surface area contributed by atoms with Gasteiger partial charge in [0.05, 0.1) is 11.6 Å². The quantitative estimate of drug-likeness (QED) is 0.679. The van der Waals surface area contributed by atoms with E-state index in [2.05, 4.69) is 10.1 Å². The molecule has 3 rings (SSSR count). The van der Waals surface area contributed by atoms with Gasteiger partial charge in [-0.1, -0.05) is 24.3 Å². The van der Waals surface area contributed by atoms with Gasteiger partial charge in [0.2, 0.25) is 0 Å². The molecule has 0 spiro atoms. The van der Waals surface area contributed by atoms with Crippen LogP contribution < -0.4 is 5.56 Å². The predicted molar refractivity (Wildman–Crippen MR) is 92.3 cm³/mol. The molecule has 4 nitrogen and oxygen atoms in total. The van der Waals surface area contributed by atoms with Gasteiger partial charge in [-0.05, 0) is 44.4 Å². The first-order valence-electron chi connectivity index (χ1n) is 7.08. The number of benzene rings is 1. The Bertz CT molecular complexity index is 950. The normalized spacial score (nSPS) is 11.6. The zero-order chi connectivity index (χ0) is 15.9. The molecule has 0 unspecified atom stereocenters. The molecule has 0 aliphatic heterocycles. The Morgan fingerprint density at radius 2 is 1.91 bits per heavy atom. The van der Waals surface area contributed by atoms with Gasteiger partial charge in [-0.15, -0.1) is 11.3 Å². The van der Waals surface area contributed by atoms with Crippen molar-refractivity contribution in [1.29, 1.82) is 0 Å². The summed E-state index contributed by atoms with van der Waals surface area (Å²) in [6.07, 6.45) is 1.71. The summed E-state index contributed by atoms with van der Waals surface area (Å²) in [6.45, 7) is 7.80. The highest BCUT2D eigenvalue weighted by Gasteiger charge is 2.14.